The van der Waals surface area contributed by atoms with Crippen LogP contribution < -0.4 is 0 Å². The number of carboxylic acid groups (broad SMARTS) is 1. The van der Waals surface area contributed by atoms with Crippen LogP contribution in [0.1, 0.15) is 31.2 Å². The van der Waals surface area contributed by atoms with E-state index in [-0.39, 0.29) is 12.3 Å². The van der Waals surface area contributed by atoms with E-state index in [1.165, 1.54) is 0 Å². The smallest absolute Gasteiger partial charge is 0.303 e. The molecule has 1 N–H and O–H groups in total. The zero-order chi connectivity index (χ0) is 12.0. The highest BCUT2D eigenvalue weighted by Crippen LogP contribution is 2.30. The fraction of sp³-hybridized carbons (Fsp3) is 0.357. The third-order valence-corrected chi connectivity index (χ3v) is 2.85. The highest BCUT2D eigenvalue weighted by Gasteiger charge is 2.20. The number of hydrogen-bond acceptors (Lipinski definition) is 1. The standard InChI is InChI=1S/C14H18O2/c1-3-7-11(2)13(10-14(15)16)12-8-5-4-6-9-12/h3-6,8-9,11,13H,1,7,10H2,2H3,(H,15,16). The minimum Gasteiger partial charge on any atom is -0.481 e. The number of benzene rings is 1. The number of carboxylic acids is 1. The molecule has 0 radical (unpaired) electrons. The summed E-state index contributed by atoms with van der Waals surface area (Å²) >= 11 is 0. The number of rotatable bonds is 6. The third-order valence-electron chi connectivity index (χ3n) is 2.85. The fourth-order valence-electron chi connectivity index (χ4n) is 1.96. The summed E-state index contributed by atoms with van der Waals surface area (Å²) in [4.78, 5) is 10.9. The molecular formula is C14H18O2. The van der Waals surface area contributed by atoms with E-state index < -0.39 is 5.97 Å². The predicted octanol–water partition coefficient (Wildman–Crippen LogP) is 3.46. The van der Waals surface area contributed by atoms with Gasteiger partial charge in [-0.2, -0.15) is 0 Å². The van der Waals surface area contributed by atoms with Gasteiger partial charge in [-0.1, -0.05) is 43.3 Å². The lowest BCUT2D eigenvalue weighted by atomic mass is 9.83. The van der Waals surface area contributed by atoms with Gasteiger partial charge in [0, 0.05) is 0 Å². The molecular weight excluding hydrogens is 200 g/mol. The van der Waals surface area contributed by atoms with Crippen molar-refractivity contribution in [1.82, 2.24) is 0 Å². The number of aliphatic carboxylic acids is 1. The molecule has 16 heavy (non-hydrogen) atoms. The third kappa shape index (κ3) is 3.54. The van der Waals surface area contributed by atoms with Crippen LogP contribution in [-0.4, -0.2) is 11.1 Å². The minimum absolute atomic E-state index is 0.0664. The van der Waals surface area contributed by atoms with E-state index in [4.69, 9.17) is 5.11 Å². The minimum atomic E-state index is -0.746. The van der Waals surface area contributed by atoms with Gasteiger partial charge < -0.3 is 5.11 Å². The van der Waals surface area contributed by atoms with Crippen LogP contribution >= 0.6 is 0 Å². The summed E-state index contributed by atoms with van der Waals surface area (Å²) in [5, 5.41) is 8.94. The lowest BCUT2D eigenvalue weighted by molar-refractivity contribution is -0.137. The number of allylic oxidation sites excluding steroid dienone is 1. The van der Waals surface area contributed by atoms with Crippen LogP contribution in [0.2, 0.25) is 0 Å². The Morgan fingerprint density at radius 1 is 1.44 bits per heavy atom. The summed E-state index contributed by atoms with van der Waals surface area (Å²) in [5.74, 6) is -0.377. The fourth-order valence-corrected chi connectivity index (χ4v) is 1.96. The molecule has 0 heterocycles. The number of carbonyl (C=O) groups is 1. The molecule has 0 bridgehead atoms. The molecule has 0 fully saturated rings. The summed E-state index contributed by atoms with van der Waals surface area (Å²) in [6.45, 7) is 5.78. The SMILES string of the molecule is C=CCC(C)C(CC(=O)O)c1ccccc1. The van der Waals surface area contributed by atoms with Crippen LogP contribution in [-0.2, 0) is 4.79 Å². The molecule has 1 rings (SSSR count). The molecule has 1 aromatic carbocycles. The first-order chi connectivity index (χ1) is 7.65. The maximum atomic E-state index is 10.9. The normalized spacial score (nSPS) is 14.1. The van der Waals surface area contributed by atoms with Crippen LogP contribution in [0.4, 0.5) is 0 Å². The molecule has 0 amide bonds. The zero-order valence-corrected chi connectivity index (χ0v) is 9.60. The summed E-state index contributed by atoms with van der Waals surface area (Å²) in [7, 11) is 0. The molecule has 0 aliphatic carbocycles. The van der Waals surface area contributed by atoms with Crippen molar-refractivity contribution in [3.8, 4) is 0 Å². The summed E-state index contributed by atoms with van der Waals surface area (Å²) in [6.07, 6.45) is 2.87. The average Bonchev–Trinajstić information content (AvgIpc) is 2.27. The van der Waals surface area contributed by atoms with Gasteiger partial charge in [-0.15, -0.1) is 6.58 Å². The van der Waals surface area contributed by atoms with Crippen LogP contribution in [0.25, 0.3) is 0 Å². The van der Waals surface area contributed by atoms with Crippen molar-refractivity contribution in [3.05, 3.63) is 48.6 Å². The molecule has 2 nitrogen and oxygen atoms in total. The van der Waals surface area contributed by atoms with E-state index in [2.05, 4.69) is 13.5 Å². The Balaban J connectivity index is 2.86. The van der Waals surface area contributed by atoms with Crippen molar-refractivity contribution in [2.45, 2.75) is 25.7 Å². The van der Waals surface area contributed by atoms with E-state index in [9.17, 15) is 4.79 Å². The zero-order valence-electron chi connectivity index (χ0n) is 9.60. The molecule has 0 saturated heterocycles. The van der Waals surface area contributed by atoms with Gasteiger partial charge in [-0.25, -0.2) is 0 Å². The van der Waals surface area contributed by atoms with Crippen LogP contribution in [0, 0.1) is 5.92 Å². The Morgan fingerprint density at radius 3 is 2.56 bits per heavy atom. The molecule has 0 aliphatic heterocycles. The monoisotopic (exact) mass is 218 g/mol. The summed E-state index contributed by atoms with van der Waals surface area (Å²) < 4.78 is 0. The molecule has 2 atom stereocenters. The van der Waals surface area contributed by atoms with Crippen molar-refractivity contribution in [1.29, 1.82) is 0 Å². The molecule has 0 saturated carbocycles. The Bertz CT molecular complexity index is 343. The van der Waals surface area contributed by atoms with Crippen molar-refractivity contribution in [3.63, 3.8) is 0 Å². The van der Waals surface area contributed by atoms with Gasteiger partial charge in [-0.05, 0) is 23.8 Å². The molecule has 0 aromatic heterocycles. The van der Waals surface area contributed by atoms with Gasteiger partial charge in [0.05, 0.1) is 6.42 Å². The topological polar surface area (TPSA) is 37.3 Å². The van der Waals surface area contributed by atoms with Gasteiger partial charge in [0.2, 0.25) is 0 Å². The molecule has 0 spiro atoms. The Morgan fingerprint density at radius 2 is 2.06 bits per heavy atom. The molecule has 2 heteroatoms. The van der Waals surface area contributed by atoms with Gasteiger partial charge in [-0.3, -0.25) is 4.79 Å². The Hall–Kier alpha value is -1.57. The first kappa shape index (κ1) is 12.5. The largest absolute Gasteiger partial charge is 0.481 e. The second-order valence-electron chi connectivity index (χ2n) is 4.12. The van der Waals surface area contributed by atoms with E-state index in [0.29, 0.717) is 5.92 Å². The van der Waals surface area contributed by atoms with E-state index >= 15 is 0 Å². The first-order valence-electron chi connectivity index (χ1n) is 5.52. The molecule has 1 aromatic rings. The second-order valence-corrected chi connectivity index (χ2v) is 4.12. The Labute approximate surface area is 96.6 Å². The van der Waals surface area contributed by atoms with Crippen LogP contribution in [0.3, 0.4) is 0 Å². The Kier molecular flexibility index (Phi) is 4.77. The summed E-state index contributed by atoms with van der Waals surface area (Å²) in [6, 6.07) is 9.83. The quantitative estimate of drug-likeness (QED) is 0.742. The van der Waals surface area contributed by atoms with Crippen LogP contribution in [0.15, 0.2) is 43.0 Å². The van der Waals surface area contributed by atoms with E-state index in [1.54, 1.807) is 0 Å². The maximum Gasteiger partial charge on any atom is 0.303 e. The lowest BCUT2D eigenvalue weighted by Gasteiger charge is -2.21. The van der Waals surface area contributed by atoms with Crippen molar-refractivity contribution in [2.75, 3.05) is 0 Å². The van der Waals surface area contributed by atoms with E-state index in [1.807, 2.05) is 36.4 Å². The van der Waals surface area contributed by atoms with Gasteiger partial charge >= 0.3 is 5.97 Å². The van der Waals surface area contributed by atoms with Gasteiger partial charge in [0.15, 0.2) is 0 Å². The molecule has 2 unspecified atom stereocenters. The first-order valence-corrected chi connectivity index (χ1v) is 5.52. The van der Waals surface area contributed by atoms with Crippen LogP contribution in [0.5, 0.6) is 0 Å². The van der Waals surface area contributed by atoms with Crippen molar-refractivity contribution < 1.29 is 9.90 Å². The summed E-state index contributed by atoms with van der Waals surface area (Å²) in [5.41, 5.74) is 1.10. The molecule has 0 aliphatic rings. The van der Waals surface area contributed by atoms with Gasteiger partial charge in [0.25, 0.3) is 0 Å². The second kappa shape index (κ2) is 6.11. The highest BCUT2D eigenvalue weighted by atomic mass is 16.4. The lowest BCUT2D eigenvalue weighted by Crippen LogP contribution is -2.14. The highest BCUT2D eigenvalue weighted by molar-refractivity contribution is 5.68. The molecule has 86 valence electrons. The average molecular weight is 218 g/mol. The number of hydrogen-bond donors (Lipinski definition) is 1. The van der Waals surface area contributed by atoms with Crippen molar-refractivity contribution >= 4 is 5.97 Å². The maximum absolute atomic E-state index is 10.9. The van der Waals surface area contributed by atoms with Crippen molar-refractivity contribution in [2.24, 2.45) is 5.92 Å². The predicted molar refractivity (Wildman–Crippen MR) is 65.4 cm³/mol. The van der Waals surface area contributed by atoms with E-state index in [0.717, 1.165) is 12.0 Å². The van der Waals surface area contributed by atoms with Gasteiger partial charge in [0.1, 0.15) is 0 Å².